The third-order valence-electron chi connectivity index (χ3n) is 2.66. The second-order valence-electron chi connectivity index (χ2n) is 4.03. The molecule has 2 aromatic rings. The SMILES string of the molecule is Cc1ccsc1CNS(=O)(=O)c1cc(F)ccc1N. The lowest BCUT2D eigenvalue weighted by Crippen LogP contribution is -2.24. The number of hydrogen-bond donors (Lipinski definition) is 2. The molecular formula is C12H13FN2O2S2. The molecule has 2 rings (SSSR count). The molecule has 0 aliphatic rings. The van der Waals surface area contributed by atoms with Gasteiger partial charge in [-0.25, -0.2) is 17.5 Å². The minimum absolute atomic E-state index is 0.0248. The lowest BCUT2D eigenvalue weighted by atomic mass is 10.3. The Morgan fingerprint density at radius 2 is 2.11 bits per heavy atom. The Kier molecular flexibility index (Phi) is 3.88. The maximum absolute atomic E-state index is 13.1. The number of nitrogen functional groups attached to an aromatic ring is 1. The van der Waals surface area contributed by atoms with E-state index in [1.165, 1.54) is 17.4 Å². The highest BCUT2D eigenvalue weighted by Crippen LogP contribution is 2.21. The molecule has 0 aliphatic heterocycles. The van der Waals surface area contributed by atoms with Gasteiger partial charge in [-0.3, -0.25) is 0 Å². The summed E-state index contributed by atoms with van der Waals surface area (Å²) in [5.41, 5.74) is 6.61. The summed E-state index contributed by atoms with van der Waals surface area (Å²) in [7, 11) is -3.81. The van der Waals surface area contributed by atoms with E-state index in [-0.39, 0.29) is 17.1 Å². The third kappa shape index (κ3) is 3.12. The predicted molar refractivity (Wildman–Crippen MR) is 73.9 cm³/mol. The first-order chi connectivity index (χ1) is 8.90. The van der Waals surface area contributed by atoms with E-state index < -0.39 is 15.8 Å². The highest BCUT2D eigenvalue weighted by atomic mass is 32.2. The zero-order valence-electron chi connectivity index (χ0n) is 10.2. The number of nitrogens with one attached hydrogen (secondary N) is 1. The molecule has 1 aromatic heterocycles. The molecule has 1 heterocycles. The molecule has 102 valence electrons. The van der Waals surface area contributed by atoms with Crippen LogP contribution in [0.1, 0.15) is 10.4 Å². The minimum atomic E-state index is -3.81. The van der Waals surface area contributed by atoms with Crippen LogP contribution in [0.4, 0.5) is 10.1 Å². The largest absolute Gasteiger partial charge is 0.398 e. The molecule has 0 fully saturated rings. The van der Waals surface area contributed by atoms with Crippen LogP contribution in [0.5, 0.6) is 0 Å². The molecule has 0 amide bonds. The average molecular weight is 300 g/mol. The summed E-state index contributed by atoms with van der Waals surface area (Å²) in [6.45, 7) is 2.07. The zero-order chi connectivity index (χ0) is 14.0. The minimum Gasteiger partial charge on any atom is -0.398 e. The molecular weight excluding hydrogens is 287 g/mol. The van der Waals surface area contributed by atoms with Gasteiger partial charge in [0.05, 0.1) is 5.69 Å². The van der Waals surface area contributed by atoms with Crippen LogP contribution < -0.4 is 10.5 Å². The molecule has 1 aromatic carbocycles. The lowest BCUT2D eigenvalue weighted by molar-refractivity contribution is 0.578. The molecule has 0 radical (unpaired) electrons. The molecule has 19 heavy (non-hydrogen) atoms. The van der Waals surface area contributed by atoms with Crippen molar-refractivity contribution in [1.29, 1.82) is 0 Å². The molecule has 7 heteroatoms. The van der Waals surface area contributed by atoms with Crippen molar-refractivity contribution in [2.24, 2.45) is 0 Å². The maximum Gasteiger partial charge on any atom is 0.243 e. The van der Waals surface area contributed by atoms with Crippen molar-refractivity contribution in [2.75, 3.05) is 5.73 Å². The Labute approximate surface area is 115 Å². The van der Waals surface area contributed by atoms with E-state index in [1.807, 2.05) is 18.4 Å². The van der Waals surface area contributed by atoms with Crippen molar-refractivity contribution in [1.82, 2.24) is 4.72 Å². The summed E-state index contributed by atoms with van der Waals surface area (Å²) in [6.07, 6.45) is 0. The number of benzene rings is 1. The van der Waals surface area contributed by atoms with E-state index in [0.717, 1.165) is 22.6 Å². The first-order valence-corrected chi connectivity index (χ1v) is 7.84. The Morgan fingerprint density at radius 1 is 1.37 bits per heavy atom. The van der Waals surface area contributed by atoms with Gasteiger partial charge >= 0.3 is 0 Å². The number of rotatable bonds is 4. The van der Waals surface area contributed by atoms with Gasteiger partial charge in [0.1, 0.15) is 10.7 Å². The van der Waals surface area contributed by atoms with Crippen LogP contribution in [-0.4, -0.2) is 8.42 Å². The Morgan fingerprint density at radius 3 is 2.74 bits per heavy atom. The molecule has 0 atom stereocenters. The van der Waals surface area contributed by atoms with Gasteiger partial charge in [0.15, 0.2) is 0 Å². The first kappa shape index (κ1) is 14.0. The molecule has 4 nitrogen and oxygen atoms in total. The zero-order valence-corrected chi connectivity index (χ0v) is 11.8. The monoisotopic (exact) mass is 300 g/mol. The highest BCUT2D eigenvalue weighted by Gasteiger charge is 2.18. The van der Waals surface area contributed by atoms with Crippen LogP contribution >= 0.6 is 11.3 Å². The maximum atomic E-state index is 13.1. The summed E-state index contributed by atoms with van der Waals surface area (Å²) >= 11 is 1.46. The van der Waals surface area contributed by atoms with Crippen LogP contribution in [-0.2, 0) is 16.6 Å². The fraction of sp³-hybridized carbons (Fsp3) is 0.167. The number of hydrogen-bond acceptors (Lipinski definition) is 4. The highest BCUT2D eigenvalue weighted by molar-refractivity contribution is 7.89. The van der Waals surface area contributed by atoms with Crippen LogP contribution in [0.3, 0.4) is 0 Å². The normalized spacial score (nSPS) is 11.7. The lowest BCUT2D eigenvalue weighted by Gasteiger charge is -2.09. The second kappa shape index (κ2) is 5.28. The molecule has 0 spiro atoms. The Bertz CT molecular complexity index is 696. The van der Waals surface area contributed by atoms with Gasteiger partial charge in [-0.15, -0.1) is 11.3 Å². The van der Waals surface area contributed by atoms with Crippen LogP contribution in [0.15, 0.2) is 34.5 Å². The topological polar surface area (TPSA) is 72.2 Å². The van der Waals surface area contributed by atoms with E-state index in [9.17, 15) is 12.8 Å². The first-order valence-electron chi connectivity index (χ1n) is 5.48. The van der Waals surface area contributed by atoms with Gasteiger partial charge in [0, 0.05) is 11.4 Å². The van der Waals surface area contributed by atoms with Crippen molar-refractivity contribution < 1.29 is 12.8 Å². The van der Waals surface area contributed by atoms with Gasteiger partial charge in [0.25, 0.3) is 0 Å². The van der Waals surface area contributed by atoms with E-state index in [1.54, 1.807) is 0 Å². The van der Waals surface area contributed by atoms with Gasteiger partial charge in [-0.05, 0) is 42.1 Å². The number of anilines is 1. The van der Waals surface area contributed by atoms with Crippen LogP contribution in [0, 0.1) is 12.7 Å². The number of sulfonamides is 1. The van der Waals surface area contributed by atoms with Crippen molar-refractivity contribution in [3.8, 4) is 0 Å². The summed E-state index contributed by atoms with van der Waals surface area (Å²) in [4.78, 5) is 0.681. The number of halogens is 1. The van der Waals surface area contributed by atoms with Crippen LogP contribution in [0.25, 0.3) is 0 Å². The summed E-state index contributed by atoms with van der Waals surface area (Å²) in [5, 5.41) is 1.88. The quantitative estimate of drug-likeness (QED) is 0.851. The standard InChI is InChI=1S/C12H13FN2O2S2/c1-8-4-5-18-11(8)7-15-19(16,17)12-6-9(13)2-3-10(12)14/h2-6,15H,7,14H2,1H3. The van der Waals surface area contributed by atoms with E-state index >= 15 is 0 Å². The van der Waals surface area contributed by atoms with Crippen molar-refractivity contribution in [2.45, 2.75) is 18.4 Å². The van der Waals surface area contributed by atoms with Crippen molar-refractivity contribution in [3.05, 3.63) is 45.9 Å². The summed E-state index contributed by atoms with van der Waals surface area (Å²) < 4.78 is 39.6. The Hall–Kier alpha value is -1.44. The molecule has 0 bridgehead atoms. The average Bonchev–Trinajstić information content (AvgIpc) is 2.75. The van der Waals surface area contributed by atoms with E-state index in [2.05, 4.69) is 4.72 Å². The smallest absolute Gasteiger partial charge is 0.243 e. The van der Waals surface area contributed by atoms with Crippen LogP contribution in [0.2, 0.25) is 0 Å². The molecule has 0 unspecified atom stereocenters. The van der Waals surface area contributed by atoms with Gasteiger partial charge in [-0.2, -0.15) is 0 Å². The fourth-order valence-corrected chi connectivity index (χ4v) is 3.64. The molecule has 0 saturated heterocycles. The molecule has 0 aliphatic carbocycles. The van der Waals surface area contributed by atoms with Gasteiger partial charge in [0.2, 0.25) is 10.0 Å². The van der Waals surface area contributed by atoms with Gasteiger partial charge < -0.3 is 5.73 Å². The van der Waals surface area contributed by atoms with E-state index in [0.29, 0.717) is 0 Å². The van der Waals surface area contributed by atoms with Gasteiger partial charge in [-0.1, -0.05) is 0 Å². The van der Waals surface area contributed by atoms with Crippen molar-refractivity contribution >= 4 is 27.0 Å². The number of aryl methyl sites for hydroxylation is 1. The third-order valence-corrected chi connectivity index (χ3v) is 5.14. The van der Waals surface area contributed by atoms with Crippen molar-refractivity contribution in [3.63, 3.8) is 0 Å². The summed E-state index contributed by atoms with van der Waals surface area (Å²) in [6, 6.07) is 5.18. The predicted octanol–water partition coefficient (Wildman–Crippen LogP) is 2.26. The Balaban J connectivity index is 2.23. The second-order valence-corrected chi connectivity index (χ2v) is 6.77. The molecule has 3 N–H and O–H groups in total. The summed E-state index contributed by atoms with van der Waals surface area (Å²) in [5.74, 6) is -0.637. The van der Waals surface area contributed by atoms with E-state index in [4.69, 9.17) is 5.73 Å². The fourth-order valence-electron chi connectivity index (χ4n) is 1.56. The number of thiophene rings is 1. The molecule has 0 saturated carbocycles. The number of nitrogens with two attached hydrogens (primary N) is 1.